The highest BCUT2D eigenvalue weighted by Crippen LogP contribution is 2.07. The molecular weight excluding hydrogens is 316 g/mol. The number of nitrogens with zero attached hydrogens (tertiary/aromatic N) is 2. The van der Waals surface area contributed by atoms with Gasteiger partial charge in [-0.25, -0.2) is 0 Å². The van der Waals surface area contributed by atoms with Gasteiger partial charge in [0.2, 0.25) is 5.91 Å². The predicted octanol–water partition coefficient (Wildman–Crippen LogP) is 2.21. The third-order valence-electron chi connectivity index (χ3n) is 3.48. The summed E-state index contributed by atoms with van der Waals surface area (Å²) in [6.45, 7) is 1.32. The molecule has 0 saturated carbocycles. The largest absolute Gasteiger partial charge is 0.492 e. The number of amides is 1. The van der Waals surface area contributed by atoms with E-state index in [1.165, 1.54) is 0 Å². The van der Waals surface area contributed by atoms with Crippen molar-refractivity contribution < 1.29 is 9.53 Å². The highest BCUT2D eigenvalue weighted by Gasteiger charge is 2.08. The first-order chi connectivity index (χ1) is 12.2. The van der Waals surface area contributed by atoms with Gasteiger partial charge in [-0.15, -0.1) is 0 Å². The number of guanidine groups is 1. The minimum absolute atomic E-state index is 0.124. The number of nitrogens with one attached hydrogen (secondary N) is 2. The van der Waals surface area contributed by atoms with Gasteiger partial charge in [0.05, 0.1) is 13.1 Å². The van der Waals surface area contributed by atoms with Crippen LogP contribution in [0.2, 0.25) is 0 Å². The van der Waals surface area contributed by atoms with E-state index in [-0.39, 0.29) is 12.5 Å². The zero-order chi connectivity index (χ0) is 17.9. The number of likely N-dealkylation sites (N-methyl/N-ethyl adjacent to an activating group) is 1. The number of carbonyl (C=O) groups excluding carboxylic acids is 1. The van der Waals surface area contributed by atoms with Crippen molar-refractivity contribution in [3.05, 3.63) is 60.7 Å². The second-order valence-electron chi connectivity index (χ2n) is 5.40. The van der Waals surface area contributed by atoms with Gasteiger partial charge in [-0.2, -0.15) is 0 Å². The number of ether oxygens (including phenoxy) is 1. The van der Waals surface area contributed by atoms with Gasteiger partial charge in [0.1, 0.15) is 12.4 Å². The lowest BCUT2D eigenvalue weighted by molar-refractivity contribution is -0.115. The summed E-state index contributed by atoms with van der Waals surface area (Å²) in [5, 5.41) is 5.87. The fourth-order valence-corrected chi connectivity index (χ4v) is 2.19. The van der Waals surface area contributed by atoms with E-state index in [4.69, 9.17) is 4.74 Å². The van der Waals surface area contributed by atoms with Crippen molar-refractivity contribution in [2.45, 2.75) is 0 Å². The fraction of sp³-hybridized carbons (Fsp3) is 0.263. The van der Waals surface area contributed by atoms with Gasteiger partial charge in [-0.1, -0.05) is 36.4 Å². The van der Waals surface area contributed by atoms with Gasteiger partial charge < -0.3 is 20.3 Å². The summed E-state index contributed by atoms with van der Waals surface area (Å²) in [6.07, 6.45) is 0. The average molecular weight is 340 g/mol. The van der Waals surface area contributed by atoms with E-state index in [2.05, 4.69) is 15.6 Å². The second kappa shape index (κ2) is 9.97. The number of carbonyl (C=O) groups is 1. The van der Waals surface area contributed by atoms with Crippen molar-refractivity contribution in [2.24, 2.45) is 4.99 Å². The van der Waals surface area contributed by atoms with E-state index in [1.54, 1.807) is 7.05 Å². The predicted molar refractivity (Wildman–Crippen MR) is 101 cm³/mol. The van der Waals surface area contributed by atoms with Crippen molar-refractivity contribution in [1.82, 2.24) is 10.2 Å². The molecule has 2 rings (SSSR count). The monoisotopic (exact) mass is 340 g/mol. The summed E-state index contributed by atoms with van der Waals surface area (Å²) < 4.78 is 5.67. The summed E-state index contributed by atoms with van der Waals surface area (Å²) in [4.78, 5) is 18.1. The SMILES string of the molecule is CN=C(NCC(=O)Nc1ccccc1)N(C)CCOc1ccccc1. The quantitative estimate of drug-likeness (QED) is 0.599. The Kier molecular flexibility index (Phi) is 7.31. The van der Waals surface area contributed by atoms with Gasteiger partial charge in [0.15, 0.2) is 5.96 Å². The molecule has 0 aliphatic carbocycles. The maximum atomic E-state index is 12.0. The Hall–Kier alpha value is -3.02. The van der Waals surface area contributed by atoms with Gasteiger partial charge in [0.25, 0.3) is 0 Å². The highest BCUT2D eigenvalue weighted by molar-refractivity contribution is 5.94. The number of hydrogen-bond donors (Lipinski definition) is 2. The van der Waals surface area contributed by atoms with Crippen LogP contribution in [0, 0.1) is 0 Å². The third kappa shape index (κ3) is 6.55. The fourth-order valence-electron chi connectivity index (χ4n) is 2.19. The number of benzene rings is 2. The van der Waals surface area contributed by atoms with Gasteiger partial charge >= 0.3 is 0 Å². The number of aliphatic imine (C=N–C) groups is 1. The zero-order valence-corrected chi connectivity index (χ0v) is 14.6. The van der Waals surface area contributed by atoms with Crippen molar-refractivity contribution in [1.29, 1.82) is 0 Å². The Morgan fingerprint density at radius 1 is 1.08 bits per heavy atom. The molecule has 6 heteroatoms. The van der Waals surface area contributed by atoms with Crippen LogP contribution in [0.15, 0.2) is 65.7 Å². The molecule has 0 aliphatic rings. The van der Waals surface area contributed by atoms with Crippen LogP contribution in [0.4, 0.5) is 5.69 Å². The molecule has 2 N–H and O–H groups in total. The molecule has 0 bridgehead atoms. The van der Waals surface area contributed by atoms with E-state index < -0.39 is 0 Å². The molecule has 2 aromatic carbocycles. The summed E-state index contributed by atoms with van der Waals surface area (Å²) in [5.41, 5.74) is 0.772. The molecular formula is C19H24N4O2. The standard InChI is InChI=1S/C19H24N4O2/c1-20-19(21-15-18(24)22-16-9-5-3-6-10-16)23(2)13-14-25-17-11-7-4-8-12-17/h3-12H,13-15H2,1-2H3,(H,20,21)(H,22,24). The molecule has 0 saturated heterocycles. The van der Waals surface area contributed by atoms with Crippen LogP contribution in [0.25, 0.3) is 0 Å². The first kappa shape index (κ1) is 18.3. The topological polar surface area (TPSA) is 66.0 Å². The van der Waals surface area contributed by atoms with Crippen LogP contribution < -0.4 is 15.4 Å². The maximum Gasteiger partial charge on any atom is 0.243 e. The Labute approximate surface area is 148 Å². The molecule has 0 heterocycles. The lowest BCUT2D eigenvalue weighted by Gasteiger charge is -2.22. The number of rotatable bonds is 7. The Balaban J connectivity index is 1.72. The first-order valence-electron chi connectivity index (χ1n) is 8.13. The highest BCUT2D eigenvalue weighted by atomic mass is 16.5. The van der Waals surface area contributed by atoms with E-state index in [0.29, 0.717) is 19.1 Å². The van der Waals surface area contributed by atoms with Crippen molar-refractivity contribution in [3.63, 3.8) is 0 Å². The number of hydrogen-bond acceptors (Lipinski definition) is 3. The molecule has 6 nitrogen and oxygen atoms in total. The lowest BCUT2D eigenvalue weighted by Crippen LogP contribution is -2.43. The van der Waals surface area contributed by atoms with Gasteiger partial charge in [-0.05, 0) is 24.3 Å². The summed E-state index contributed by atoms with van der Waals surface area (Å²) in [7, 11) is 3.59. The van der Waals surface area contributed by atoms with Crippen molar-refractivity contribution in [2.75, 3.05) is 39.1 Å². The normalized spacial score (nSPS) is 10.9. The van der Waals surface area contributed by atoms with E-state index >= 15 is 0 Å². The van der Waals surface area contributed by atoms with E-state index in [0.717, 1.165) is 11.4 Å². The van der Waals surface area contributed by atoms with E-state index in [1.807, 2.05) is 72.6 Å². The molecule has 1 amide bonds. The Morgan fingerprint density at radius 2 is 1.72 bits per heavy atom. The number of anilines is 1. The molecule has 132 valence electrons. The molecule has 0 unspecified atom stereocenters. The molecule has 0 fully saturated rings. The average Bonchev–Trinajstić information content (AvgIpc) is 2.64. The zero-order valence-electron chi connectivity index (χ0n) is 14.6. The lowest BCUT2D eigenvalue weighted by atomic mass is 10.3. The third-order valence-corrected chi connectivity index (χ3v) is 3.48. The van der Waals surface area contributed by atoms with Crippen LogP contribution in [0.3, 0.4) is 0 Å². The van der Waals surface area contributed by atoms with Crippen molar-refractivity contribution in [3.8, 4) is 5.75 Å². The van der Waals surface area contributed by atoms with Crippen LogP contribution >= 0.6 is 0 Å². The molecule has 0 spiro atoms. The van der Waals surface area contributed by atoms with Gasteiger partial charge in [0, 0.05) is 19.8 Å². The van der Waals surface area contributed by atoms with Crippen LogP contribution in [0.5, 0.6) is 5.75 Å². The summed E-state index contributed by atoms with van der Waals surface area (Å²) >= 11 is 0. The molecule has 0 aliphatic heterocycles. The molecule has 0 atom stereocenters. The Morgan fingerprint density at radius 3 is 2.36 bits per heavy atom. The Bertz CT molecular complexity index is 674. The minimum Gasteiger partial charge on any atom is -0.492 e. The maximum absolute atomic E-state index is 12.0. The second-order valence-corrected chi connectivity index (χ2v) is 5.40. The summed E-state index contributed by atoms with van der Waals surface area (Å²) in [6, 6.07) is 19.0. The summed E-state index contributed by atoms with van der Waals surface area (Å²) in [5.74, 6) is 1.35. The molecule has 0 radical (unpaired) electrons. The first-order valence-corrected chi connectivity index (χ1v) is 8.13. The molecule has 0 aromatic heterocycles. The van der Waals surface area contributed by atoms with Crippen LogP contribution in [-0.2, 0) is 4.79 Å². The van der Waals surface area contributed by atoms with Crippen LogP contribution in [0.1, 0.15) is 0 Å². The smallest absolute Gasteiger partial charge is 0.243 e. The van der Waals surface area contributed by atoms with E-state index in [9.17, 15) is 4.79 Å². The number of para-hydroxylation sites is 2. The van der Waals surface area contributed by atoms with Crippen LogP contribution in [-0.4, -0.2) is 50.6 Å². The molecule has 25 heavy (non-hydrogen) atoms. The van der Waals surface area contributed by atoms with Crippen molar-refractivity contribution >= 4 is 17.6 Å². The minimum atomic E-state index is -0.124. The van der Waals surface area contributed by atoms with Gasteiger partial charge in [-0.3, -0.25) is 9.79 Å². The molecule has 2 aromatic rings.